The zero-order chi connectivity index (χ0) is 26.2. The van der Waals surface area contributed by atoms with E-state index in [4.69, 9.17) is 4.74 Å². The number of ether oxygens (including phenoxy) is 1. The Labute approximate surface area is 212 Å². The summed E-state index contributed by atoms with van der Waals surface area (Å²) in [5, 5.41) is 15.5. The molecule has 0 bridgehead atoms. The van der Waals surface area contributed by atoms with Gasteiger partial charge in [0.25, 0.3) is 5.91 Å². The minimum atomic E-state index is -0.521. The molecule has 3 aromatic rings. The van der Waals surface area contributed by atoms with Crippen molar-refractivity contribution < 1.29 is 19.4 Å². The molecule has 1 fully saturated rings. The predicted molar refractivity (Wildman–Crippen MR) is 143 cm³/mol. The average Bonchev–Trinajstić information content (AvgIpc) is 2.76. The second-order valence-corrected chi connectivity index (χ2v) is 10.6. The number of anilines is 1. The molecule has 0 aromatic heterocycles. The van der Waals surface area contributed by atoms with E-state index in [1.54, 1.807) is 11.0 Å². The third kappa shape index (κ3) is 5.25. The third-order valence-electron chi connectivity index (χ3n) is 6.66. The number of hydrogen-bond acceptors (Lipinski definition) is 5. The number of benzene rings is 3. The highest BCUT2D eigenvalue weighted by Crippen LogP contribution is 2.33. The molecule has 0 saturated carbocycles. The van der Waals surface area contributed by atoms with E-state index < -0.39 is 11.6 Å². The number of aromatic hydroxyl groups is 1. The lowest BCUT2D eigenvalue weighted by molar-refractivity contribution is 0.00851. The van der Waals surface area contributed by atoms with Gasteiger partial charge in [-0.15, -0.1) is 0 Å². The maximum atomic E-state index is 13.3. The number of fused-ring (bicyclic) bond motifs is 1. The van der Waals surface area contributed by atoms with Gasteiger partial charge < -0.3 is 25.0 Å². The van der Waals surface area contributed by atoms with Crippen molar-refractivity contribution in [2.45, 2.75) is 52.3 Å². The summed E-state index contributed by atoms with van der Waals surface area (Å²) in [6.45, 7) is 10.5. The standard InChI is InChI=1S/C29H35N3O4/c1-18-11-13-21(31(6)22-16-32(17-22)28(35)36-29(3,4)5)15-24(18)27(34)30-19(2)26-23-10-8-7-9-20(23)12-14-25(26)33/h7-15,19,22,33H,16-17H2,1-6H3,(H,30,34)/t19-/m1/s1. The molecule has 0 spiro atoms. The zero-order valence-corrected chi connectivity index (χ0v) is 21.8. The van der Waals surface area contributed by atoms with Crippen molar-refractivity contribution in [3.8, 4) is 5.75 Å². The number of hydrogen-bond donors (Lipinski definition) is 2. The largest absolute Gasteiger partial charge is 0.508 e. The fourth-order valence-corrected chi connectivity index (χ4v) is 4.55. The Morgan fingerprint density at radius 2 is 1.81 bits per heavy atom. The Morgan fingerprint density at radius 3 is 2.50 bits per heavy atom. The number of aryl methyl sites for hydroxylation is 1. The van der Waals surface area contributed by atoms with E-state index in [0.29, 0.717) is 24.2 Å². The van der Waals surface area contributed by atoms with Gasteiger partial charge in [0.05, 0.1) is 12.1 Å². The Hall–Kier alpha value is -3.74. The van der Waals surface area contributed by atoms with E-state index in [-0.39, 0.29) is 23.8 Å². The van der Waals surface area contributed by atoms with E-state index in [9.17, 15) is 14.7 Å². The van der Waals surface area contributed by atoms with E-state index in [1.807, 2.05) is 90.2 Å². The molecule has 7 nitrogen and oxygen atoms in total. The Bertz CT molecular complexity index is 1290. The number of amides is 2. The van der Waals surface area contributed by atoms with Gasteiger partial charge in [-0.3, -0.25) is 4.79 Å². The molecule has 1 atom stereocenters. The first-order valence-corrected chi connectivity index (χ1v) is 12.3. The van der Waals surface area contributed by atoms with E-state index in [1.165, 1.54) is 0 Å². The molecule has 7 heteroatoms. The van der Waals surface area contributed by atoms with Gasteiger partial charge in [-0.2, -0.15) is 0 Å². The number of phenols is 1. The van der Waals surface area contributed by atoms with Crippen LogP contribution in [0.4, 0.5) is 10.5 Å². The van der Waals surface area contributed by atoms with Crippen LogP contribution in [0.2, 0.25) is 0 Å². The van der Waals surface area contributed by atoms with Crippen LogP contribution in [0.15, 0.2) is 54.6 Å². The summed E-state index contributed by atoms with van der Waals surface area (Å²) in [6.07, 6.45) is -0.304. The molecule has 1 saturated heterocycles. The predicted octanol–water partition coefficient (Wildman–Crippen LogP) is 5.40. The fourth-order valence-electron chi connectivity index (χ4n) is 4.55. The fraction of sp³-hybridized carbons (Fsp3) is 0.379. The van der Waals surface area contributed by atoms with Gasteiger partial charge >= 0.3 is 6.09 Å². The van der Waals surface area contributed by atoms with Gasteiger partial charge in [-0.05, 0) is 69.2 Å². The first-order chi connectivity index (χ1) is 16.9. The second-order valence-electron chi connectivity index (χ2n) is 10.6. The summed E-state index contributed by atoms with van der Waals surface area (Å²) in [6, 6.07) is 16.9. The molecule has 0 radical (unpaired) electrons. The van der Waals surface area contributed by atoms with Gasteiger partial charge in [0.15, 0.2) is 0 Å². The molecule has 190 valence electrons. The number of likely N-dealkylation sites (N-methyl/N-ethyl adjacent to an activating group) is 1. The summed E-state index contributed by atoms with van der Waals surface area (Å²) >= 11 is 0. The van der Waals surface area contributed by atoms with Crippen molar-refractivity contribution in [1.82, 2.24) is 10.2 Å². The minimum absolute atomic E-state index is 0.141. The number of phenolic OH excluding ortho intramolecular Hbond substituents is 1. The van der Waals surface area contributed by atoms with Crippen molar-refractivity contribution in [2.24, 2.45) is 0 Å². The van der Waals surface area contributed by atoms with Crippen LogP contribution in [-0.2, 0) is 4.74 Å². The summed E-state index contributed by atoms with van der Waals surface area (Å²) in [5.41, 5.74) is 2.52. The number of likely N-dealkylation sites (tertiary alicyclic amines) is 1. The van der Waals surface area contributed by atoms with Crippen molar-refractivity contribution in [3.05, 3.63) is 71.3 Å². The molecule has 2 N–H and O–H groups in total. The average molecular weight is 490 g/mol. The number of rotatable bonds is 5. The van der Waals surface area contributed by atoms with Gasteiger partial charge in [0, 0.05) is 37.0 Å². The van der Waals surface area contributed by atoms with Crippen LogP contribution >= 0.6 is 0 Å². The van der Waals surface area contributed by atoms with Gasteiger partial charge in [0.1, 0.15) is 11.4 Å². The molecule has 36 heavy (non-hydrogen) atoms. The molecular formula is C29H35N3O4. The third-order valence-corrected chi connectivity index (χ3v) is 6.66. The molecular weight excluding hydrogens is 454 g/mol. The number of nitrogens with zero attached hydrogens (tertiary/aromatic N) is 2. The highest BCUT2D eigenvalue weighted by molar-refractivity contribution is 5.97. The molecule has 2 amide bonds. The topological polar surface area (TPSA) is 82.1 Å². The molecule has 1 aliphatic rings. The van der Waals surface area contributed by atoms with Crippen LogP contribution < -0.4 is 10.2 Å². The van der Waals surface area contributed by atoms with Crippen LogP contribution in [0.25, 0.3) is 10.8 Å². The van der Waals surface area contributed by atoms with Crippen molar-refractivity contribution in [2.75, 3.05) is 25.0 Å². The van der Waals surface area contributed by atoms with Gasteiger partial charge in [0.2, 0.25) is 0 Å². The van der Waals surface area contributed by atoms with Crippen molar-refractivity contribution in [1.29, 1.82) is 0 Å². The molecule has 1 heterocycles. The number of carbonyl (C=O) groups excluding carboxylic acids is 2. The highest BCUT2D eigenvalue weighted by Gasteiger charge is 2.36. The lowest BCUT2D eigenvalue weighted by Crippen LogP contribution is -2.61. The van der Waals surface area contributed by atoms with Crippen molar-refractivity contribution >= 4 is 28.5 Å². The van der Waals surface area contributed by atoms with Gasteiger partial charge in [-0.25, -0.2) is 4.79 Å². The van der Waals surface area contributed by atoms with E-state index in [2.05, 4.69) is 10.2 Å². The van der Waals surface area contributed by atoms with Crippen molar-refractivity contribution in [3.63, 3.8) is 0 Å². The van der Waals surface area contributed by atoms with Gasteiger partial charge in [-0.1, -0.05) is 36.4 Å². The summed E-state index contributed by atoms with van der Waals surface area (Å²) in [4.78, 5) is 29.4. The molecule has 4 rings (SSSR count). The minimum Gasteiger partial charge on any atom is -0.508 e. The van der Waals surface area contributed by atoms with Crippen LogP contribution in [0.5, 0.6) is 5.75 Å². The Kier molecular flexibility index (Phi) is 6.85. The lowest BCUT2D eigenvalue weighted by Gasteiger charge is -2.45. The normalized spacial score (nSPS) is 14.8. The number of carbonyl (C=O) groups is 2. The first-order valence-electron chi connectivity index (χ1n) is 12.3. The van der Waals surface area contributed by atoms with Crippen LogP contribution in [0.3, 0.4) is 0 Å². The monoisotopic (exact) mass is 489 g/mol. The SMILES string of the molecule is Cc1ccc(N(C)C2CN(C(=O)OC(C)(C)C)C2)cc1C(=O)N[C@H](C)c1c(O)ccc2ccccc12. The molecule has 0 unspecified atom stereocenters. The highest BCUT2D eigenvalue weighted by atomic mass is 16.6. The van der Waals surface area contributed by atoms with E-state index >= 15 is 0 Å². The van der Waals surface area contributed by atoms with Crippen LogP contribution in [-0.4, -0.2) is 53.8 Å². The zero-order valence-electron chi connectivity index (χ0n) is 21.8. The smallest absolute Gasteiger partial charge is 0.410 e. The Morgan fingerprint density at radius 1 is 1.11 bits per heavy atom. The quantitative estimate of drug-likeness (QED) is 0.501. The molecule has 0 aliphatic carbocycles. The summed E-state index contributed by atoms with van der Waals surface area (Å²) in [7, 11) is 1.97. The lowest BCUT2D eigenvalue weighted by atomic mass is 9.97. The first kappa shape index (κ1) is 25.4. The second kappa shape index (κ2) is 9.72. The van der Waals surface area contributed by atoms with Crippen LogP contribution in [0.1, 0.15) is 55.2 Å². The maximum absolute atomic E-state index is 13.3. The number of nitrogens with one attached hydrogen (secondary N) is 1. The molecule has 1 aliphatic heterocycles. The van der Waals surface area contributed by atoms with Crippen LogP contribution in [0, 0.1) is 6.92 Å². The summed E-state index contributed by atoms with van der Waals surface area (Å²) < 4.78 is 5.45. The Balaban J connectivity index is 1.47. The van der Waals surface area contributed by atoms with E-state index in [0.717, 1.165) is 22.0 Å². The summed E-state index contributed by atoms with van der Waals surface area (Å²) in [5.74, 6) is -0.0437. The maximum Gasteiger partial charge on any atom is 0.410 e. The molecule has 3 aromatic carbocycles.